The van der Waals surface area contributed by atoms with Crippen LogP contribution < -0.4 is 10.6 Å². The summed E-state index contributed by atoms with van der Waals surface area (Å²) in [5.41, 5.74) is 1.18. The van der Waals surface area contributed by atoms with E-state index in [2.05, 4.69) is 34.9 Å². The molecule has 0 bridgehead atoms. The molecule has 4 nitrogen and oxygen atoms in total. The lowest BCUT2D eigenvalue weighted by Crippen LogP contribution is -2.47. The fraction of sp³-hybridized carbons (Fsp3) is 0.471. The number of carbonyl (C=O) groups excluding carboxylic acids is 1. The maximum Gasteiger partial charge on any atom is 0.315 e. The second-order valence-corrected chi connectivity index (χ2v) is 5.75. The molecule has 2 aliphatic rings. The predicted molar refractivity (Wildman–Crippen MR) is 82.0 cm³/mol. The van der Waals surface area contributed by atoms with Crippen molar-refractivity contribution in [3.63, 3.8) is 0 Å². The largest absolute Gasteiger partial charge is 0.373 e. The van der Waals surface area contributed by atoms with Crippen molar-refractivity contribution in [2.45, 2.75) is 43.9 Å². The van der Waals surface area contributed by atoms with Crippen molar-refractivity contribution in [2.75, 3.05) is 6.61 Å². The van der Waals surface area contributed by atoms with Gasteiger partial charge in [-0.25, -0.2) is 4.79 Å². The van der Waals surface area contributed by atoms with Crippen LogP contribution in [-0.4, -0.2) is 24.7 Å². The first-order valence-electron chi connectivity index (χ1n) is 7.70. The van der Waals surface area contributed by atoms with E-state index in [0.29, 0.717) is 6.61 Å². The van der Waals surface area contributed by atoms with Crippen LogP contribution in [0.2, 0.25) is 0 Å². The van der Waals surface area contributed by atoms with E-state index in [1.165, 1.54) is 5.56 Å². The topological polar surface area (TPSA) is 50.4 Å². The van der Waals surface area contributed by atoms with Crippen LogP contribution in [0.25, 0.3) is 0 Å². The maximum atomic E-state index is 12.0. The van der Waals surface area contributed by atoms with Gasteiger partial charge in [-0.2, -0.15) is 0 Å². The first kappa shape index (κ1) is 14.1. The fourth-order valence-corrected chi connectivity index (χ4v) is 2.98. The summed E-state index contributed by atoms with van der Waals surface area (Å²) in [6, 6.07) is 10.6. The number of carbonyl (C=O) groups is 1. The van der Waals surface area contributed by atoms with Crippen LogP contribution in [0.3, 0.4) is 0 Å². The Hall–Kier alpha value is -1.81. The number of hydrogen-bond donors (Lipinski definition) is 2. The molecular formula is C17H22N2O2. The minimum atomic E-state index is -0.0533. The van der Waals surface area contributed by atoms with Crippen LogP contribution in [0.4, 0.5) is 4.79 Å². The van der Waals surface area contributed by atoms with Gasteiger partial charge in [0.2, 0.25) is 0 Å². The molecule has 2 N–H and O–H groups in total. The van der Waals surface area contributed by atoms with Gasteiger partial charge in [-0.1, -0.05) is 42.5 Å². The molecule has 0 aromatic heterocycles. The molecule has 1 aliphatic carbocycles. The second-order valence-electron chi connectivity index (χ2n) is 5.75. The highest BCUT2D eigenvalue weighted by Gasteiger charge is 2.25. The molecular weight excluding hydrogens is 264 g/mol. The smallest absolute Gasteiger partial charge is 0.315 e. The van der Waals surface area contributed by atoms with E-state index in [0.717, 1.165) is 25.7 Å². The number of benzene rings is 1. The average molecular weight is 286 g/mol. The highest BCUT2D eigenvalue weighted by Crippen LogP contribution is 2.27. The summed E-state index contributed by atoms with van der Waals surface area (Å²) >= 11 is 0. The Labute approximate surface area is 125 Å². The van der Waals surface area contributed by atoms with E-state index in [-0.39, 0.29) is 24.2 Å². The molecule has 1 aromatic rings. The van der Waals surface area contributed by atoms with Gasteiger partial charge in [0.1, 0.15) is 0 Å². The van der Waals surface area contributed by atoms with Crippen molar-refractivity contribution in [2.24, 2.45) is 0 Å². The summed E-state index contributed by atoms with van der Waals surface area (Å²) in [4.78, 5) is 12.0. The molecule has 0 saturated carbocycles. The van der Waals surface area contributed by atoms with Crippen LogP contribution in [0, 0.1) is 0 Å². The lowest BCUT2D eigenvalue weighted by molar-refractivity contribution is 0.00222. The van der Waals surface area contributed by atoms with Crippen molar-refractivity contribution in [3.05, 3.63) is 48.0 Å². The molecule has 21 heavy (non-hydrogen) atoms. The molecule has 2 amide bonds. The minimum Gasteiger partial charge on any atom is -0.373 e. The van der Waals surface area contributed by atoms with E-state index in [9.17, 15) is 4.79 Å². The van der Waals surface area contributed by atoms with Crippen molar-refractivity contribution < 1.29 is 9.53 Å². The van der Waals surface area contributed by atoms with Gasteiger partial charge in [0.15, 0.2) is 0 Å². The quantitative estimate of drug-likeness (QED) is 0.839. The van der Waals surface area contributed by atoms with Gasteiger partial charge in [0.05, 0.1) is 6.10 Å². The fourth-order valence-electron chi connectivity index (χ4n) is 2.98. The van der Waals surface area contributed by atoms with Gasteiger partial charge in [-0.05, 0) is 31.2 Å². The molecule has 2 atom stereocenters. The van der Waals surface area contributed by atoms with E-state index in [1.807, 2.05) is 18.2 Å². The Morgan fingerprint density at radius 1 is 1.05 bits per heavy atom. The van der Waals surface area contributed by atoms with Crippen molar-refractivity contribution >= 4 is 6.03 Å². The van der Waals surface area contributed by atoms with E-state index < -0.39 is 0 Å². The third-order valence-corrected chi connectivity index (χ3v) is 4.13. The normalized spacial score (nSPS) is 25.7. The van der Waals surface area contributed by atoms with Crippen LogP contribution >= 0.6 is 0 Å². The lowest BCUT2D eigenvalue weighted by atomic mass is 9.97. The van der Waals surface area contributed by atoms with E-state index >= 15 is 0 Å². The van der Waals surface area contributed by atoms with Crippen molar-refractivity contribution in [1.82, 2.24) is 10.6 Å². The Balaban J connectivity index is 1.50. The summed E-state index contributed by atoms with van der Waals surface area (Å²) in [6.07, 6.45) is 7.90. The number of hydrogen-bond acceptors (Lipinski definition) is 2. The summed E-state index contributed by atoms with van der Waals surface area (Å²) in [7, 11) is 0. The number of nitrogens with one attached hydrogen (secondary N) is 2. The number of ether oxygens (including phenoxy) is 1. The van der Waals surface area contributed by atoms with Crippen LogP contribution in [0.15, 0.2) is 42.5 Å². The molecule has 0 unspecified atom stereocenters. The molecule has 0 spiro atoms. The summed E-state index contributed by atoms with van der Waals surface area (Å²) in [6.45, 7) is 0.690. The number of amides is 2. The van der Waals surface area contributed by atoms with Gasteiger partial charge in [0.25, 0.3) is 0 Å². The van der Waals surface area contributed by atoms with Crippen LogP contribution in [0.5, 0.6) is 0 Å². The predicted octanol–water partition coefficient (Wildman–Crippen LogP) is 2.92. The SMILES string of the molecule is O=C(NC1CC=CC1)N[C@H]1CCO[C@@H](c2ccccc2)C1. The lowest BCUT2D eigenvalue weighted by Gasteiger charge is -2.30. The second kappa shape index (κ2) is 6.76. The summed E-state index contributed by atoms with van der Waals surface area (Å²) in [5, 5.41) is 6.12. The standard InChI is InChI=1S/C17H22N2O2/c20-17(18-14-8-4-5-9-14)19-15-10-11-21-16(12-15)13-6-2-1-3-7-13/h1-7,14-16H,8-12H2,(H2,18,19,20)/t15-,16+/m0/s1. The van der Waals surface area contributed by atoms with Crippen LogP contribution in [0.1, 0.15) is 37.4 Å². The van der Waals surface area contributed by atoms with Gasteiger partial charge in [0, 0.05) is 18.7 Å². The molecule has 1 aliphatic heterocycles. The Bertz CT molecular complexity index is 493. The average Bonchev–Trinajstić information content (AvgIpc) is 3.01. The molecule has 1 fully saturated rings. The first-order valence-corrected chi connectivity index (χ1v) is 7.70. The third kappa shape index (κ3) is 3.85. The third-order valence-electron chi connectivity index (χ3n) is 4.13. The number of rotatable bonds is 3. The maximum absolute atomic E-state index is 12.0. The van der Waals surface area contributed by atoms with E-state index in [4.69, 9.17) is 4.74 Å². The van der Waals surface area contributed by atoms with Gasteiger partial charge in [-0.15, -0.1) is 0 Å². The zero-order chi connectivity index (χ0) is 14.5. The molecule has 3 rings (SSSR count). The van der Waals surface area contributed by atoms with E-state index in [1.54, 1.807) is 0 Å². The first-order chi connectivity index (χ1) is 10.3. The minimum absolute atomic E-state index is 0.0533. The highest BCUT2D eigenvalue weighted by molar-refractivity contribution is 5.74. The summed E-state index contributed by atoms with van der Waals surface area (Å²) < 4.78 is 5.83. The van der Waals surface area contributed by atoms with Crippen LogP contribution in [-0.2, 0) is 4.74 Å². The van der Waals surface area contributed by atoms with Gasteiger partial charge < -0.3 is 15.4 Å². The summed E-state index contributed by atoms with van der Waals surface area (Å²) in [5.74, 6) is 0. The molecule has 4 heteroatoms. The molecule has 1 heterocycles. The zero-order valence-corrected chi connectivity index (χ0v) is 12.1. The zero-order valence-electron chi connectivity index (χ0n) is 12.1. The monoisotopic (exact) mass is 286 g/mol. The van der Waals surface area contributed by atoms with Gasteiger partial charge >= 0.3 is 6.03 Å². The van der Waals surface area contributed by atoms with Crippen molar-refractivity contribution in [3.8, 4) is 0 Å². The molecule has 112 valence electrons. The Kier molecular flexibility index (Phi) is 4.55. The molecule has 1 saturated heterocycles. The Morgan fingerprint density at radius 3 is 2.52 bits per heavy atom. The van der Waals surface area contributed by atoms with Crippen molar-refractivity contribution in [1.29, 1.82) is 0 Å². The highest BCUT2D eigenvalue weighted by atomic mass is 16.5. The molecule has 0 radical (unpaired) electrons. The Morgan fingerprint density at radius 2 is 1.76 bits per heavy atom. The molecule has 1 aromatic carbocycles. The van der Waals surface area contributed by atoms with Gasteiger partial charge in [-0.3, -0.25) is 0 Å². The number of urea groups is 1.